The number of aryl methyl sites for hydroxylation is 1. The van der Waals surface area contributed by atoms with E-state index >= 15 is 0 Å². The van der Waals surface area contributed by atoms with Gasteiger partial charge in [0.2, 0.25) is 0 Å². The van der Waals surface area contributed by atoms with Gasteiger partial charge in [-0.1, -0.05) is 11.6 Å². The number of halogens is 2. The van der Waals surface area contributed by atoms with Crippen LogP contribution in [-0.4, -0.2) is 19.9 Å². The van der Waals surface area contributed by atoms with E-state index in [1.54, 1.807) is 12.4 Å². The van der Waals surface area contributed by atoms with Gasteiger partial charge in [0.25, 0.3) is 0 Å². The SMILES string of the molecule is Cc1cnc(-c2nc(Cl)c(I)c(C3CC3)n2)nc1. The van der Waals surface area contributed by atoms with Crippen LogP contribution in [0.2, 0.25) is 5.15 Å². The van der Waals surface area contributed by atoms with E-state index in [9.17, 15) is 0 Å². The Morgan fingerprint density at radius 1 is 1.17 bits per heavy atom. The third-order valence-corrected chi connectivity index (χ3v) is 4.44. The fourth-order valence-electron chi connectivity index (χ4n) is 1.67. The summed E-state index contributed by atoms with van der Waals surface area (Å²) in [6.07, 6.45) is 5.87. The van der Waals surface area contributed by atoms with Crippen molar-refractivity contribution >= 4 is 34.2 Å². The quantitative estimate of drug-likeness (QED) is 0.599. The van der Waals surface area contributed by atoms with Gasteiger partial charge in [0.1, 0.15) is 5.15 Å². The van der Waals surface area contributed by atoms with Crippen LogP contribution in [0.5, 0.6) is 0 Å². The van der Waals surface area contributed by atoms with Crippen LogP contribution in [0, 0.1) is 10.5 Å². The molecule has 0 aromatic carbocycles. The van der Waals surface area contributed by atoms with Gasteiger partial charge in [-0.15, -0.1) is 0 Å². The van der Waals surface area contributed by atoms with Gasteiger partial charge in [-0.2, -0.15) is 0 Å². The number of nitrogens with zero attached hydrogens (tertiary/aromatic N) is 4. The van der Waals surface area contributed by atoms with Crippen LogP contribution in [0.4, 0.5) is 0 Å². The fraction of sp³-hybridized carbons (Fsp3) is 0.333. The third-order valence-electron chi connectivity index (χ3n) is 2.78. The highest BCUT2D eigenvalue weighted by atomic mass is 127. The minimum Gasteiger partial charge on any atom is -0.234 e. The Bertz CT molecular complexity index is 596. The monoisotopic (exact) mass is 372 g/mol. The van der Waals surface area contributed by atoms with Crippen molar-refractivity contribution in [3.63, 3.8) is 0 Å². The average Bonchev–Trinajstić information content (AvgIpc) is 3.18. The lowest BCUT2D eigenvalue weighted by molar-refractivity contribution is 0.958. The number of hydrogen-bond acceptors (Lipinski definition) is 4. The van der Waals surface area contributed by atoms with E-state index in [-0.39, 0.29) is 0 Å². The van der Waals surface area contributed by atoms with E-state index in [4.69, 9.17) is 11.6 Å². The Morgan fingerprint density at radius 3 is 2.44 bits per heavy atom. The first-order chi connectivity index (χ1) is 8.65. The van der Waals surface area contributed by atoms with Gasteiger partial charge < -0.3 is 0 Å². The summed E-state index contributed by atoms with van der Waals surface area (Å²) in [5.74, 6) is 1.57. The first-order valence-corrected chi connectivity index (χ1v) is 7.13. The minimum absolute atomic E-state index is 0.492. The van der Waals surface area contributed by atoms with E-state index in [0.29, 0.717) is 22.7 Å². The lowest BCUT2D eigenvalue weighted by Crippen LogP contribution is -2.02. The normalized spacial score (nSPS) is 14.8. The van der Waals surface area contributed by atoms with Crippen LogP contribution < -0.4 is 0 Å². The molecule has 92 valence electrons. The molecule has 3 rings (SSSR count). The van der Waals surface area contributed by atoms with E-state index in [2.05, 4.69) is 42.5 Å². The summed E-state index contributed by atoms with van der Waals surface area (Å²) < 4.78 is 0.952. The van der Waals surface area contributed by atoms with Crippen LogP contribution >= 0.6 is 34.2 Å². The van der Waals surface area contributed by atoms with Gasteiger partial charge in [-0.3, -0.25) is 0 Å². The summed E-state index contributed by atoms with van der Waals surface area (Å²) in [5, 5.41) is 0.492. The van der Waals surface area contributed by atoms with Crippen molar-refractivity contribution in [2.45, 2.75) is 25.7 Å². The average molecular weight is 373 g/mol. The molecule has 0 amide bonds. The highest BCUT2D eigenvalue weighted by molar-refractivity contribution is 14.1. The number of aromatic nitrogens is 4. The molecule has 0 radical (unpaired) electrons. The predicted octanol–water partition coefficient (Wildman–Crippen LogP) is 3.38. The molecular weight excluding hydrogens is 363 g/mol. The van der Waals surface area contributed by atoms with Gasteiger partial charge in [-0.05, 0) is 47.9 Å². The van der Waals surface area contributed by atoms with Crippen LogP contribution in [-0.2, 0) is 0 Å². The maximum atomic E-state index is 6.16. The van der Waals surface area contributed by atoms with Gasteiger partial charge in [-0.25, -0.2) is 19.9 Å². The smallest absolute Gasteiger partial charge is 0.199 e. The number of hydrogen-bond donors (Lipinski definition) is 0. The molecule has 1 fully saturated rings. The first kappa shape index (κ1) is 12.2. The lowest BCUT2D eigenvalue weighted by atomic mass is 10.3. The van der Waals surface area contributed by atoms with Crippen molar-refractivity contribution in [1.29, 1.82) is 0 Å². The molecule has 6 heteroatoms. The molecule has 1 aliphatic carbocycles. The third kappa shape index (κ3) is 2.33. The second kappa shape index (κ2) is 4.70. The van der Waals surface area contributed by atoms with Crippen LogP contribution in [0.15, 0.2) is 12.4 Å². The molecule has 1 saturated carbocycles. The Balaban J connectivity index is 2.09. The molecule has 0 N–H and O–H groups in total. The summed E-state index contributed by atoms with van der Waals surface area (Å²) >= 11 is 8.36. The van der Waals surface area contributed by atoms with Crippen molar-refractivity contribution < 1.29 is 0 Å². The highest BCUT2D eigenvalue weighted by Crippen LogP contribution is 2.42. The molecule has 4 nitrogen and oxygen atoms in total. The molecule has 0 saturated heterocycles. The maximum absolute atomic E-state index is 6.16. The first-order valence-electron chi connectivity index (χ1n) is 5.67. The van der Waals surface area contributed by atoms with Gasteiger partial charge >= 0.3 is 0 Å². The number of rotatable bonds is 2. The molecule has 0 atom stereocenters. The maximum Gasteiger partial charge on any atom is 0.199 e. The van der Waals surface area contributed by atoms with Crippen molar-refractivity contribution in [2.24, 2.45) is 0 Å². The molecule has 1 aliphatic rings. The summed E-state index contributed by atoms with van der Waals surface area (Å²) in [7, 11) is 0. The van der Waals surface area contributed by atoms with Crippen LogP contribution in [0.1, 0.15) is 30.0 Å². The molecule has 0 bridgehead atoms. The van der Waals surface area contributed by atoms with Gasteiger partial charge in [0.05, 0.1) is 9.26 Å². The molecule has 0 spiro atoms. The second-order valence-corrected chi connectivity index (χ2v) is 5.83. The Hall–Kier alpha value is -0.820. The minimum atomic E-state index is 0.492. The standard InChI is InChI=1S/C12H10ClIN4/c1-6-4-15-11(16-5-6)12-17-9(7-2-3-7)8(14)10(13)18-12/h4-5,7H,2-3H2,1H3. The summed E-state index contributed by atoms with van der Waals surface area (Å²) in [6.45, 7) is 1.95. The summed E-state index contributed by atoms with van der Waals surface area (Å²) in [5.41, 5.74) is 2.05. The zero-order chi connectivity index (χ0) is 12.7. The van der Waals surface area contributed by atoms with Crippen molar-refractivity contribution in [3.8, 4) is 11.6 Å². The largest absolute Gasteiger partial charge is 0.234 e. The van der Waals surface area contributed by atoms with Crippen LogP contribution in [0.3, 0.4) is 0 Å². The molecule has 0 aliphatic heterocycles. The summed E-state index contributed by atoms with van der Waals surface area (Å²) in [4.78, 5) is 17.3. The molecule has 18 heavy (non-hydrogen) atoms. The topological polar surface area (TPSA) is 51.6 Å². The van der Waals surface area contributed by atoms with E-state index < -0.39 is 0 Å². The predicted molar refractivity (Wildman–Crippen MR) is 77.5 cm³/mol. The zero-order valence-electron chi connectivity index (χ0n) is 9.69. The zero-order valence-corrected chi connectivity index (χ0v) is 12.6. The van der Waals surface area contributed by atoms with Crippen molar-refractivity contribution in [1.82, 2.24) is 19.9 Å². The van der Waals surface area contributed by atoms with E-state index in [0.717, 1.165) is 14.8 Å². The van der Waals surface area contributed by atoms with Gasteiger partial charge in [0.15, 0.2) is 11.6 Å². The molecular formula is C12H10ClIN4. The van der Waals surface area contributed by atoms with Crippen LogP contribution in [0.25, 0.3) is 11.6 Å². The fourth-order valence-corrected chi connectivity index (χ4v) is 2.53. The highest BCUT2D eigenvalue weighted by Gasteiger charge is 2.29. The summed E-state index contributed by atoms with van der Waals surface area (Å²) in [6, 6.07) is 0. The van der Waals surface area contributed by atoms with E-state index in [1.165, 1.54) is 12.8 Å². The van der Waals surface area contributed by atoms with Crippen molar-refractivity contribution in [2.75, 3.05) is 0 Å². The Kier molecular flexibility index (Phi) is 3.19. The van der Waals surface area contributed by atoms with Gasteiger partial charge in [0, 0.05) is 18.3 Å². The molecule has 0 unspecified atom stereocenters. The van der Waals surface area contributed by atoms with Crippen molar-refractivity contribution in [3.05, 3.63) is 32.4 Å². The molecule has 2 aromatic heterocycles. The second-order valence-electron chi connectivity index (χ2n) is 4.40. The van der Waals surface area contributed by atoms with E-state index in [1.807, 2.05) is 6.92 Å². The Labute approximate surface area is 123 Å². The molecule has 2 heterocycles. The Morgan fingerprint density at radius 2 is 1.83 bits per heavy atom. The molecule has 2 aromatic rings. The lowest BCUT2D eigenvalue weighted by Gasteiger charge is -2.06.